The molecule has 0 bridgehead atoms. The van der Waals surface area contributed by atoms with E-state index in [4.69, 9.17) is 5.11 Å². The van der Waals surface area contributed by atoms with E-state index in [2.05, 4.69) is 5.32 Å². The van der Waals surface area contributed by atoms with Crippen molar-refractivity contribution in [3.63, 3.8) is 0 Å². The van der Waals surface area contributed by atoms with Gasteiger partial charge in [-0.25, -0.2) is 4.79 Å². The smallest absolute Gasteiger partial charge is 0.317 e. The van der Waals surface area contributed by atoms with Gasteiger partial charge in [0.05, 0.1) is 6.10 Å². The first kappa shape index (κ1) is 13.8. The van der Waals surface area contributed by atoms with Gasteiger partial charge in [0, 0.05) is 26.1 Å². The number of nitrogens with one attached hydrogen (secondary N) is 1. The third-order valence-electron chi connectivity index (χ3n) is 2.81. The van der Waals surface area contributed by atoms with Crippen LogP contribution in [-0.4, -0.2) is 52.9 Å². The number of piperidine rings is 1. The second-order valence-electron chi connectivity index (χ2n) is 4.63. The normalized spacial score (nSPS) is 22.0. The van der Waals surface area contributed by atoms with Crippen molar-refractivity contribution in [2.75, 3.05) is 19.6 Å². The number of hydrogen-bond donors (Lipinski definition) is 3. The quantitative estimate of drug-likeness (QED) is 0.662. The monoisotopic (exact) mass is 244 g/mol. The highest BCUT2D eigenvalue weighted by Crippen LogP contribution is 2.09. The Bertz CT molecular complexity index is 283. The molecule has 17 heavy (non-hydrogen) atoms. The van der Waals surface area contributed by atoms with Crippen LogP contribution in [0, 0.1) is 5.92 Å². The van der Waals surface area contributed by atoms with Crippen molar-refractivity contribution in [1.82, 2.24) is 10.2 Å². The van der Waals surface area contributed by atoms with Gasteiger partial charge < -0.3 is 20.4 Å². The number of carbonyl (C=O) groups is 2. The average molecular weight is 244 g/mol. The standard InChI is InChI=1S/C11H20N2O4/c1-8(5-10(15)16)6-12-11(17)13-4-2-3-9(14)7-13/h8-9,14H,2-7H2,1H3,(H,12,17)(H,15,16). The molecule has 98 valence electrons. The van der Waals surface area contributed by atoms with Crippen LogP contribution in [0.25, 0.3) is 0 Å². The summed E-state index contributed by atoms with van der Waals surface area (Å²) in [6, 6.07) is -0.221. The van der Waals surface area contributed by atoms with E-state index in [1.54, 1.807) is 11.8 Å². The minimum atomic E-state index is -0.861. The van der Waals surface area contributed by atoms with Gasteiger partial charge in [0.2, 0.25) is 0 Å². The highest BCUT2D eigenvalue weighted by atomic mass is 16.4. The second kappa shape index (κ2) is 6.44. The van der Waals surface area contributed by atoms with Gasteiger partial charge >= 0.3 is 12.0 Å². The zero-order chi connectivity index (χ0) is 12.8. The van der Waals surface area contributed by atoms with Crippen LogP contribution in [-0.2, 0) is 4.79 Å². The number of carboxylic acids is 1. The van der Waals surface area contributed by atoms with Crippen molar-refractivity contribution in [1.29, 1.82) is 0 Å². The SMILES string of the molecule is CC(CNC(=O)N1CCCC(O)C1)CC(=O)O. The van der Waals surface area contributed by atoms with Crippen molar-refractivity contribution >= 4 is 12.0 Å². The lowest BCUT2D eigenvalue weighted by Gasteiger charge is -2.30. The summed E-state index contributed by atoms with van der Waals surface area (Å²) in [6.07, 6.45) is 1.15. The molecule has 6 nitrogen and oxygen atoms in total. The molecule has 1 aliphatic heterocycles. The Hall–Kier alpha value is -1.30. The lowest BCUT2D eigenvalue weighted by Crippen LogP contribution is -2.48. The third-order valence-corrected chi connectivity index (χ3v) is 2.81. The van der Waals surface area contributed by atoms with Gasteiger partial charge in [-0.15, -0.1) is 0 Å². The highest BCUT2D eigenvalue weighted by molar-refractivity contribution is 5.74. The predicted octanol–water partition coefficient (Wildman–Crippen LogP) is 0.263. The second-order valence-corrected chi connectivity index (χ2v) is 4.63. The maximum absolute atomic E-state index is 11.7. The number of likely N-dealkylation sites (tertiary alicyclic amines) is 1. The van der Waals surface area contributed by atoms with Crippen LogP contribution >= 0.6 is 0 Å². The topological polar surface area (TPSA) is 89.9 Å². The average Bonchev–Trinajstić information content (AvgIpc) is 2.25. The number of carboxylic acid groups (broad SMARTS) is 1. The molecule has 1 saturated heterocycles. The number of aliphatic carboxylic acids is 1. The van der Waals surface area contributed by atoms with Crippen molar-refractivity contribution < 1.29 is 19.8 Å². The molecule has 2 unspecified atom stereocenters. The first-order valence-corrected chi connectivity index (χ1v) is 5.91. The van der Waals surface area contributed by atoms with Gasteiger partial charge in [-0.05, 0) is 18.8 Å². The number of hydrogen-bond acceptors (Lipinski definition) is 3. The number of rotatable bonds is 4. The van der Waals surface area contributed by atoms with Gasteiger partial charge in [-0.3, -0.25) is 4.79 Å². The minimum Gasteiger partial charge on any atom is -0.481 e. The Morgan fingerprint density at radius 2 is 2.24 bits per heavy atom. The summed E-state index contributed by atoms with van der Waals surface area (Å²) in [5.74, 6) is -0.952. The molecular weight excluding hydrogens is 224 g/mol. The highest BCUT2D eigenvalue weighted by Gasteiger charge is 2.22. The van der Waals surface area contributed by atoms with Crippen LogP contribution in [0.5, 0.6) is 0 Å². The predicted molar refractivity (Wildman–Crippen MR) is 61.6 cm³/mol. The van der Waals surface area contributed by atoms with E-state index < -0.39 is 12.1 Å². The third kappa shape index (κ3) is 5.04. The molecule has 2 amide bonds. The molecule has 0 spiro atoms. The maximum Gasteiger partial charge on any atom is 0.317 e. The fraction of sp³-hybridized carbons (Fsp3) is 0.818. The zero-order valence-electron chi connectivity index (χ0n) is 10.1. The van der Waals surface area contributed by atoms with Gasteiger partial charge in [0.25, 0.3) is 0 Å². The number of carbonyl (C=O) groups excluding carboxylic acids is 1. The van der Waals surface area contributed by atoms with Crippen LogP contribution in [0.2, 0.25) is 0 Å². The number of aliphatic hydroxyl groups is 1. The summed E-state index contributed by atoms with van der Waals surface area (Å²) >= 11 is 0. The van der Waals surface area contributed by atoms with Gasteiger partial charge in [-0.1, -0.05) is 6.92 Å². The molecule has 1 aliphatic rings. The number of urea groups is 1. The Kier molecular flexibility index (Phi) is 5.21. The summed E-state index contributed by atoms with van der Waals surface area (Å²) in [7, 11) is 0. The van der Waals surface area contributed by atoms with E-state index >= 15 is 0 Å². The molecule has 0 aliphatic carbocycles. The van der Waals surface area contributed by atoms with Crippen LogP contribution in [0.1, 0.15) is 26.2 Å². The summed E-state index contributed by atoms with van der Waals surface area (Å²) in [4.78, 5) is 23.7. The molecule has 3 N–H and O–H groups in total. The van der Waals surface area contributed by atoms with Crippen LogP contribution < -0.4 is 5.32 Å². The van der Waals surface area contributed by atoms with Crippen LogP contribution in [0.3, 0.4) is 0 Å². The van der Waals surface area contributed by atoms with Crippen LogP contribution in [0.15, 0.2) is 0 Å². The van der Waals surface area contributed by atoms with Crippen molar-refractivity contribution in [2.24, 2.45) is 5.92 Å². The first-order chi connectivity index (χ1) is 7.99. The zero-order valence-corrected chi connectivity index (χ0v) is 10.1. The Morgan fingerprint density at radius 3 is 2.82 bits per heavy atom. The molecule has 1 heterocycles. The maximum atomic E-state index is 11.7. The van der Waals surface area contributed by atoms with E-state index in [9.17, 15) is 14.7 Å². The molecule has 1 rings (SSSR count). The summed E-state index contributed by atoms with van der Waals surface area (Å²) in [5, 5.41) is 20.7. The molecule has 0 aromatic heterocycles. The molecule has 0 radical (unpaired) electrons. The van der Waals surface area contributed by atoms with E-state index in [0.717, 1.165) is 12.8 Å². The minimum absolute atomic E-state index is 0.0445. The number of β-amino-alcohol motifs (C(OH)–C–C–N with tert-alkyl or cyclic N) is 1. The van der Waals surface area contributed by atoms with E-state index in [1.165, 1.54) is 0 Å². The molecule has 1 fully saturated rings. The van der Waals surface area contributed by atoms with Gasteiger partial charge in [-0.2, -0.15) is 0 Å². The lowest BCUT2D eigenvalue weighted by molar-refractivity contribution is -0.137. The molecule has 0 aromatic carbocycles. The van der Waals surface area contributed by atoms with Crippen molar-refractivity contribution in [2.45, 2.75) is 32.3 Å². The Morgan fingerprint density at radius 1 is 1.53 bits per heavy atom. The largest absolute Gasteiger partial charge is 0.481 e. The molecule has 0 aromatic rings. The summed E-state index contributed by atoms with van der Waals surface area (Å²) < 4.78 is 0. The van der Waals surface area contributed by atoms with Crippen molar-refractivity contribution in [3.05, 3.63) is 0 Å². The summed E-state index contributed by atoms with van der Waals surface area (Å²) in [5.41, 5.74) is 0. The van der Waals surface area contributed by atoms with Gasteiger partial charge in [0.15, 0.2) is 0 Å². The van der Waals surface area contributed by atoms with E-state index in [0.29, 0.717) is 19.6 Å². The van der Waals surface area contributed by atoms with Gasteiger partial charge in [0.1, 0.15) is 0 Å². The van der Waals surface area contributed by atoms with E-state index in [-0.39, 0.29) is 18.4 Å². The number of nitrogens with zero attached hydrogens (tertiary/aromatic N) is 1. The van der Waals surface area contributed by atoms with E-state index in [1.807, 2.05) is 0 Å². The number of amides is 2. The lowest BCUT2D eigenvalue weighted by atomic mass is 10.1. The van der Waals surface area contributed by atoms with Crippen LogP contribution in [0.4, 0.5) is 4.79 Å². The Labute approximate surface area is 101 Å². The fourth-order valence-electron chi connectivity index (χ4n) is 1.88. The fourth-order valence-corrected chi connectivity index (χ4v) is 1.88. The Balaban J connectivity index is 2.26. The molecule has 2 atom stereocenters. The summed E-state index contributed by atoms with van der Waals surface area (Å²) in [6.45, 7) is 3.13. The first-order valence-electron chi connectivity index (χ1n) is 5.91. The number of aliphatic hydroxyl groups excluding tert-OH is 1. The molecule has 6 heteroatoms. The van der Waals surface area contributed by atoms with Crippen molar-refractivity contribution in [3.8, 4) is 0 Å². The molecular formula is C11H20N2O4. The molecule has 0 saturated carbocycles.